The number of halogens is 1. The van der Waals surface area contributed by atoms with Gasteiger partial charge in [0.1, 0.15) is 23.3 Å². The Morgan fingerprint density at radius 2 is 2.07 bits per heavy atom. The van der Waals surface area contributed by atoms with E-state index in [1.54, 1.807) is 32.7 Å². The molecule has 1 aliphatic rings. The molecule has 3 aromatic heterocycles. The van der Waals surface area contributed by atoms with E-state index in [1.807, 2.05) is 23.7 Å². The second-order valence-corrected chi connectivity index (χ2v) is 6.72. The van der Waals surface area contributed by atoms with Gasteiger partial charge < -0.3 is 14.0 Å². The summed E-state index contributed by atoms with van der Waals surface area (Å²) in [6.07, 6.45) is 2.89. The summed E-state index contributed by atoms with van der Waals surface area (Å²) >= 11 is 0. The lowest BCUT2D eigenvalue weighted by Gasteiger charge is -2.12. The minimum Gasteiger partial charge on any atom is -0.496 e. The number of hydrogen-bond acceptors (Lipinski definition) is 5. The van der Waals surface area contributed by atoms with Crippen LogP contribution in [0, 0.1) is 5.92 Å². The lowest BCUT2D eigenvalue weighted by Crippen LogP contribution is -2.08. The van der Waals surface area contributed by atoms with Crippen molar-refractivity contribution in [3.63, 3.8) is 0 Å². The van der Waals surface area contributed by atoms with Gasteiger partial charge in [0.2, 0.25) is 5.88 Å². The van der Waals surface area contributed by atoms with E-state index < -0.39 is 12.1 Å². The van der Waals surface area contributed by atoms with Crippen LogP contribution in [0.1, 0.15) is 12.1 Å². The molecule has 27 heavy (non-hydrogen) atoms. The van der Waals surface area contributed by atoms with Crippen molar-refractivity contribution in [1.82, 2.24) is 14.5 Å². The van der Waals surface area contributed by atoms with Crippen molar-refractivity contribution >= 4 is 16.7 Å². The molecule has 7 heteroatoms. The number of Topliss-reactive ketones (excluding diaryl/α,β-unsaturated/α-hetero) is 1. The molecule has 3 heterocycles. The van der Waals surface area contributed by atoms with Gasteiger partial charge in [-0.05, 0) is 24.6 Å². The van der Waals surface area contributed by atoms with Gasteiger partial charge in [-0.2, -0.15) is 0 Å². The lowest BCUT2D eigenvalue weighted by atomic mass is 10.1. The molecule has 0 N–H and O–H groups in total. The number of ketones is 1. The third kappa shape index (κ3) is 3.03. The largest absolute Gasteiger partial charge is 0.496 e. The van der Waals surface area contributed by atoms with Gasteiger partial charge in [-0.25, -0.2) is 9.37 Å². The van der Waals surface area contributed by atoms with E-state index >= 15 is 0 Å². The number of fused-ring (bicyclic) bond motifs is 1. The van der Waals surface area contributed by atoms with E-state index in [0.29, 0.717) is 23.7 Å². The molecular weight excluding hydrogens is 349 g/mol. The molecule has 140 valence electrons. The first-order valence-electron chi connectivity index (χ1n) is 8.72. The lowest BCUT2D eigenvalue weighted by molar-refractivity contribution is -0.120. The van der Waals surface area contributed by atoms with Gasteiger partial charge in [-0.15, -0.1) is 0 Å². The molecule has 1 saturated carbocycles. The Hall–Kier alpha value is -2.96. The van der Waals surface area contributed by atoms with Crippen LogP contribution in [0.3, 0.4) is 0 Å². The first-order valence-corrected chi connectivity index (χ1v) is 8.72. The molecule has 0 radical (unpaired) electrons. The van der Waals surface area contributed by atoms with Crippen molar-refractivity contribution in [2.45, 2.75) is 19.0 Å². The molecule has 0 aromatic carbocycles. The molecule has 0 aliphatic heterocycles. The van der Waals surface area contributed by atoms with Gasteiger partial charge in [0, 0.05) is 30.7 Å². The number of aromatic nitrogens is 3. The van der Waals surface area contributed by atoms with Gasteiger partial charge in [0.15, 0.2) is 0 Å². The van der Waals surface area contributed by atoms with Crippen LogP contribution in [-0.4, -0.2) is 40.7 Å². The predicted molar refractivity (Wildman–Crippen MR) is 98.8 cm³/mol. The van der Waals surface area contributed by atoms with E-state index in [9.17, 15) is 9.18 Å². The fourth-order valence-corrected chi connectivity index (χ4v) is 3.41. The molecule has 6 nitrogen and oxygen atoms in total. The fraction of sp³-hybridized carbons (Fsp3) is 0.350. The number of hydrogen-bond donors (Lipinski definition) is 0. The first-order chi connectivity index (χ1) is 13.0. The van der Waals surface area contributed by atoms with Gasteiger partial charge in [0.25, 0.3) is 0 Å². The summed E-state index contributed by atoms with van der Waals surface area (Å²) in [7, 11) is 5.09. The summed E-state index contributed by atoms with van der Waals surface area (Å²) in [5.74, 6) is 0.587. The van der Waals surface area contributed by atoms with Crippen molar-refractivity contribution in [1.29, 1.82) is 0 Å². The molecule has 0 amide bonds. The summed E-state index contributed by atoms with van der Waals surface area (Å²) in [4.78, 5) is 20.7. The molecule has 0 saturated heterocycles. The Labute approximate surface area is 155 Å². The van der Waals surface area contributed by atoms with Gasteiger partial charge in [-0.1, -0.05) is 0 Å². The highest BCUT2D eigenvalue weighted by molar-refractivity contribution is 5.90. The highest BCUT2D eigenvalue weighted by Gasteiger charge is 2.43. The number of methoxy groups -OCH3 is 2. The molecule has 1 fully saturated rings. The number of nitrogens with zero attached hydrogens (tertiary/aromatic N) is 3. The Morgan fingerprint density at radius 1 is 1.30 bits per heavy atom. The topological polar surface area (TPSA) is 66.2 Å². The average molecular weight is 369 g/mol. The van der Waals surface area contributed by atoms with Gasteiger partial charge in [0.05, 0.1) is 37.5 Å². The summed E-state index contributed by atoms with van der Waals surface area (Å²) in [6, 6.07) is 5.64. The smallest absolute Gasteiger partial charge is 0.226 e. The number of carbonyl (C=O) groups is 1. The van der Waals surface area contributed by atoms with Crippen LogP contribution in [0.25, 0.3) is 22.2 Å². The molecular formula is C20H20FN3O3. The Balaban J connectivity index is 1.75. The number of rotatable bonds is 6. The summed E-state index contributed by atoms with van der Waals surface area (Å²) in [6.45, 7) is 0. The van der Waals surface area contributed by atoms with E-state index in [-0.39, 0.29) is 12.2 Å². The molecule has 0 spiro atoms. The maximum atomic E-state index is 13.1. The highest BCUT2D eigenvalue weighted by atomic mass is 19.1. The van der Waals surface area contributed by atoms with E-state index in [1.165, 1.54) is 0 Å². The number of alkyl halides is 1. The van der Waals surface area contributed by atoms with Crippen LogP contribution in [0.2, 0.25) is 0 Å². The zero-order valence-corrected chi connectivity index (χ0v) is 15.4. The monoisotopic (exact) mass is 369 g/mol. The van der Waals surface area contributed by atoms with E-state index in [0.717, 1.165) is 22.2 Å². The van der Waals surface area contributed by atoms with Crippen LogP contribution in [0.5, 0.6) is 11.6 Å². The molecule has 2 atom stereocenters. The second-order valence-electron chi connectivity index (χ2n) is 6.72. The number of aryl methyl sites for hydroxylation is 1. The van der Waals surface area contributed by atoms with Crippen LogP contribution in [0.4, 0.5) is 4.39 Å². The van der Waals surface area contributed by atoms with E-state index in [4.69, 9.17) is 9.47 Å². The van der Waals surface area contributed by atoms with Gasteiger partial charge in [-0.3, -0.25) is 9.78 Å². The van der Waals surface area contributed by atoms with Crippen molar-refractivity contribution in [2.24, 2.45) is 13.0 Å². The SMILES string of the molecule is COc1ccnc(OC)c1-c1cc2cc(CC(=O)[C@@H]3C[C@@H]3F)ncc2n1C. The van der Waals surface area contributed by atoms with Crippen molar-refractivity contribution < 1.29 is 18.7 Å². The molecule has 1 aliphatic carbocycles. The van der Waals surface area contributed by atoms with Crippen molar-refractivity contribution in [3.8, 4) is 22.9 Å². The number of carbonyl (C=O) groups excluding carboxylic acids is 1. The van der Waals surface area contributed by atoms with Crippen LogP contribution >= 0.6 is 0 Å². The van der Waals surface area contributed by atoms with Crippen molar-refractivity contribution in [3.05, 3.63) is 36.3 Å². The summed E-state index contributed by atoms with van der Waals surface area (Å²) < 4.78 is 26.0. The quantitative estimate of drug-likeness (QED) is 0.668. The highest BCUT2D eigenvalue weighted by Crippen LogP contribution is 2.39. The minimum absolute atomic E-state index is 0.0823. The number of ether oxygens (including phenoxy) is 2. The molecule has 4 rings (SSSR count). The van der Waals surface area contributed by atoms with Crippen LogP contribution in [0.15, 0.2) is 30.6 Å². The Bertz CT molecular complexity index is 1010. The minimum atomic E-state index is -0.977. The molecule has 3 aromatic rings. The molecule has 0 bridgehead atoms. The second kappa shape index (κ2) is 6.64. The summed E-state index contributed by atoms with van der Waals surface area (Å²) in [5.41, 5.74) is 3.16. The third-order valence-electron chi connectivity index (χ3n) is 5.01. The Morgan fingerprint density at radius 3 is 2.74 bits per heavy atom. The zero-order valence-electron chi connectivity index (χ0n) is 15.4. The van der Waals surface area contributed by atoms with Crippen LogP contribution < -0.4 is 9.47 Å². The molecule has 0 unspecified atom stereocenters. The maximum absolute atomic E-state index is 13.1. The fourth-order valence-electron chi connectivity index (χ4n) is 3.41. The number of pyridine rings is 2. The normalized spacial score (nSPS) is 18.5. The van der Waals surface area contributed by atoms with Crippen molar-refractivity contribution in [2.75, 3.05) is 14.2 Å². The van der Waals surface area contributed by atoms with Gasteiger partial charge >= 0.3 is 0 Å². The first kappa shape index (κ1) is 17.5. The zero-order chi connectivity index (χ0) is 19.1. The summed E-state index contributed by atoms with van der Waals surface area (Å²) in [5, 5.41) is 0.936. The van der Waals surface area contributed by atoms with E-state index in [2.05, 4.69) is 9.97 Å². The third-order valence-corrected chi connectivity index (χ3v) is 5.01. The van der Waals surface area contributed by atoms with Crippen LogP contribution in [-0.2, 0) is 18.3 Å². The standard InChI is InChI=1S/C20H20FN3O3/c1-24-15(19-18(26-2)4-5-22-20(19)27-3)7-11-6-12(23-10-16(11)24)8-17(25)13-9-14(13)21/h4-7,10,13-14H,8-9H2,1-3H3/t13-,14+/m1/s1. The predicted octanol–water partition coefficient (Wildman–Crippen LogP) is 3.12. The maximum Gasteiger partial charge on any atom is 0.226 e. The average Bonchev–Trinajstić information content (AvgIpc) is 3.33. The Kier molecular flexibility index (Phi) is 4.30.